The number of likely N-dealkylation sites (tertiary alicyclic amines) is 1. The fraction of sp³-hybridized carbons (Fsp3) is 0.840. The van der Waals surface area contributed by atoms with Crippen molar-refractivity contribution in [2.24, 2.45) is 5.92 Å². The number of alkyl halides is 1. The SMILES string of the molecule is COCCC[C@H]1CC[C@@H](C(=O)N[C@@H]([C@H]2O[C@H](C)[C@H](O)[C@@H](O)[C@H]2O)[C@H](C)Cl)N(Cc2oc(=O)oc2C)CC1. The highest BCUT2D eigenvalue weighted by Crippen LogP contribution is 2.29. The van der Waals surface area contributed by atoms with E-state index in [0.29, 0.717) is 37.0 Å². The molecule has 1 aromatic rings. The maximum Gasteiger partial charge on any atom is 0.519 e. The Morgan fingerprint density at radius 1 is 1.19 bits per heavy atom. The molecule has 0 saturated carbocycles. The first-order valence-electron chi connectivity index (χ1n) is 13.0. The first kappa shape index (κ1) is 30.1. The zero-order valence-corrected chi connectivity index (χ0v) is 22.7. The van der Waals surface area contributed by atoms with Gasteiger partial charge in [0.2, 0.25) is 5.91 Å². The first-order valence-corrected chi connectivity index (χ1v) is 13.4. The molecular weight excluding hydrogens is 508 g/mol. The van der Waals surface area contributed by atoms with E-state index in [2.05, 4.69) is 5.32 Å². The van der Waals surface area contributed by atoms with Crippen LogP contribution in [0.3, 0.4) is 0 Å². The molecule has 2 fully saturated rings. The second-order valence-electron chi connectivity index (χ2n) is 10.3. The number of aryl methyl sites for hydroxylation is 1. The van der Waals surface area contributed by atoms with Crippen molar-refractivity contribution >= 4 is 17.5 Å². The van der Waals surface area contributed by atoms with Gasteiger partial charge in [0.25, 0.3) is 0 Å². The van der Waals surface area contributed by atoms with E-state index in [9.17, 15) is 24.9 Å². The van der Waals surface area contributed by atoms with Crippen LogP contribution in [0, 0.1) is 12.8 Å². The number of carbonyl (C=O) groups excluding carboxylic acids is 1. The quantitative estimate of drug-likeness (QED) is 0.245. The summed E-state index contributed by atoms with van der Waals surface area (Å²) in [5, 5.41) is 33.3. The molecule has 2 saturated heterocycles. The van der Waals surface area contributed by atoms with Crippen molar-refractivity contribution in [1.82, 2.24) is 10.2 Å². The van der Waals surface area contributed by atoms with E-state index < -0.39 is 53.8 Å². The number of aliphatic hydroxyl groups is 3. The van der Waals surface area contributed by atoms with Crippen LogP contribution in [-0.4, -0.2) is 94.4 Å². The number of amides is 1. The molecular formula is C25H41ClN2O9. The number of hydrogen-bond donors (Lipinski definition) is 4. The lowest BCUT2D eigenvalue weighted by Gasteiger charge is -2.44. The number of rotatable bonds is 10. The predicted octanol–water partition coefficient (Wildman–Crippen LogP) is 0.921. The van der Waals surface area contributed by atoms with Crippen molar-refractivity contribution in [2.45, 2.75) is 107 Å². The number of ether oxygens (including phenoxy) is 2. The summed E-state index contributed by atoms with van der Waals surface area (Å²) in [4.78, 5) is 27.3. The highest BCUT2D eigenvalue weighted by atomic mass is 35.5. The second kappa shape index (κ2) is 13.5. The van der Waals surface area contributed by atoms with Crippen LogP contribution in [0.25, 0.3) is 0 Å². The number of hydrogen-bond acceptors (Lipinski definition) is 10. The molecule has 37 heavy (non-hydrogen) atoms. The Morgan fingerprint density at radius 2 is 1.92 bits per heavy atom. The lowest BCUT2D eigenvalue weighted by molar-refractivity contribution is -0.223. The van der Waals surface area contributed by atoms with Gasteiger partial charge in [-0.2, -0.15) is 0 Å². The number of methoxy groups -OCH3 is 1. The molecule has 2 aliphatic heterocycles. The molecule has 1 aromatic heterocycles. The minimum absolute atomic E-state index is 0.228. The number of carbonyl (C=O) groups is 1. The van der Waals surface area contributed by atoms with Crippen LogP contribution >= 0.6 is 11.6 Å². The minimum atomic E-state index is -1.43. The molecule has 0 unspecified atom stereocenters. The Kier molecular flexibility index (Phi) is 11.0. The van der Waals surface area contributed by atoms with E-state index in [-0.39, 0.29) is 12.5 Å². The van der Waals surface area contributed by atoms with Crippen LogP contribution in [-0.2, 0) is 20.8 Å². The molecule has 3 heterocycles. The smallest absolute Gasteiger partial charge is 0.396 e. The van der Waals surface area contributed by atoms with Gasteiger partial charge < -0.3 is 38.9 Å². The maximum atomic E-state index is 13.7. The third-order valence-electron chi connectivity index (χ3n) is 7.61. The van der Waals surface area contributed by atoms with Crippen molar-refractivity contribution in [3.8, 4) is 0 Å². The number of aliphatic hydroxyl groups excluding tert-OH is 3. The molecule has 11 nitrogen and oxygen atoms in total. The molecule has 4 N–H and O–H groups in total. The third kappa shape index (κ3) is 7.56. The summed E-state index contributed by atoms with van der Waals surface area (Å²) in [6.07, 6.45) is -1.71. The van der Waals surface area contributed by atoms with E-state index in [1.54, 1.807) is 27.9 Å². The number of nitrogens with zero attached hydrogens (tertiary/aromatic N) is 1. The van der Waals surface area contributed by atoms with E-state index in [0.717, 1.165) is 25.7 Å². The predicted molar refractivity (Wildman–Crippen MR) is 134 cm³/mol. The summed E-state index contributed by atoms with van der Waals surface area (Å²) >= 11 is 6.44. The Morgan fingerprint density at radius 3 is 2.54 bits per heavy atom. The van der Waals surface area contributed by atoms with Crippen molar-refractivity contribution in [2.75, 3.05) is 20.3 Å². The molecule has 212 valence electrons. The Labute approximate surface area is 222 Å². The molecule has 0 radical (unpaired) electrons. The Hall–Kier alpha value is -1.47. The summed E-state index contributed by atoms with van der Waals surface area (Å²) in [5.74, 6) is 0.0757. The van der Waals surface area contributed by atoms with Crippen molar-refractivity contribution in [3.63, 3.8) is 0 Å². The average molecular weight is 549 g/mol. The average Bonchev–Trinajstić information content (AvgIpc) is 3.03. The highest BCUT2D eigenvalue weighted by molar-refractivity contribution is 6.21. The van der Waals surface area contributed by atoms with Gasteiger partial charge in [0.1, 0.15) is 30.2 Å². The van der Waals surface area contributed by atoms with Crippen molar-refractivity contribution < 1.29 is 38.4 Å². The number of nitrogens with one attached hydrogen (secondary N) is 1. The standard InChI is InChI=1S/C25H41ClN2O9/c1-13(26)19(23-22(31)21(30)20(29)15(3)35-23)27-24(32)17-8-7-16(6-5-11-34-4)9-10-28(17)12-18-14(2)36-25(33)37-18/h13,15-17,19-23,29-31H,5-12H2,1-4H3,(H,27,32)/t13-,15+,16-,17-,19+,20-,21+,22+,23+/m0/s1. The fourth-order valence-corrected chi connectivity index (χ4v) is 5.52. The monoisotopic (exact) mass is 548 g/mol. The first-order chi connectivity index (χ1) is 17.5. The molecule has 2 aliphatic rings. The Bertz CT molecular complexity index is 922. The Balaban J connectivity index is 1.79. The van der Waals surface area contributed by atoms with Crippen molar-refractivity contribution in [3.05, 3.63) is 22.1 Å². The summed E-state index contributed by atoms with van der Waals surface area (Å²) in [7, 11) is 1.68. The van der Waals surface area contributed by atoms with Crippen molar-refractivity contribution in [1.29, 1.82) is 0 Å². The van der Waals surface area contributed by atoms with Gasteiger partial charge in [-0.05, 0) is 65.3 Å². The molecule has 9 atom stereocenters. The molecule has 0 aliphatic carbocycles. The molecule has 12 heteroatoms. The van der Waals surface area contributed by atoms with Gasteiger partial charge in [-0.3, -0.25) is 9.69 Å². The van der Waals surface area contributed by atoms with Gasteiger partial charge in [0.05, 0.1) is 30.1 Å². The summed E-state index contributed by atoms with van der Waals surface area (Å²) in [6.45, 7) is 6.42. The van der Waals surface area contributed by atoms with Crippen LogP contribution in [0.1, 0.15) is 57.5 Å². The maximum absolute atomic E-state index is 13.7. The van der Waals surface area contributed by atoms with Gasteiger partial charge in [0, 0.05) is 13.7 Å². The lowest BCUT2D eigenvalue weighted by atomic mass is 9.90. The zero-order valence-electron chi connectivity index (χ0n) is 22.0. The molecule has 1 amide bonds. The van der Waals surface area contributed by atoms with Crippen LogP contribution in [0.5, 0.6) is 0 Å². The summed E-state index contributed by atoms with van der Waals surface area (Å²) in [6, 6.07) is -1.39. The topological polar surface area (TPSA) is 155 Å². The van der Waals surface area contributed by atoms with E-state index >= 15 is 0 Å². The van der Waals surface area contributed by atoms with Gasteiger partial charge in [-0.1, -0.05) is 0 Å². The van der Waals surface area contributed by atoms with Crippen LogP contribution < -0.4 is 11.1 Å². The fourth-order valence-electron chi connectivity index (χ4n) is 5.32. The third-order valence-corrected chi connectivity index (χ3v) is 7.88. The molecule has 0 aromatic carbocycles. The van der Waals surface area contributed by atoms with Crippen LogP contribution in [0.2, 0.25) is 0 Å². The van der Waals surface area contributed by atoms with Gasteiger partial charge >= 0.3 is 5.82 Å². The number of halogens is 1. The molecule has 3 rings (SSSR count). The minimum Gasteiger partial charge on any atom is -0.396 e. The molecule has 0 bridgehead atoms. The van der Waals surface area contributed by atoms with E-state index in [4.69, 9.17) is 29.9 Å². The van der Waals surface area contributed by atoms with E-state index in [1.807, 2.05) is 4.90 Å². The summed E-state index contributed by atoms with van der Waals surface area (Å²) in [5.41, 5.74) is 0. The molecule has 0 spiro atoms. The highest BCUT2D eigenvalue weighted by Gasteiger charge is 2.47. The summed E-state index contributed by atoms with van der Waals surface area (Å²) < 4.78 is 21.2. The van der Waals surface area contributed by atoms with Crippen LogP contribution in [0.15, 0.2) is 13.6 Å². The van der Waals surface area contributed by atoms with E-state index in [1.165, 1.54) is 0 Å². The van der Waals surface area contributed by atoms with Gasteiger partial charge in [0.15, 0.2) is 5.76 Å². The second-order valence-corrected chi connectivity index (χ2v) is 11.0. The van der Waals surface area contributed by atoms with Crippen LogP contribution in [0.4, 0.5) is 0 Å². The zero-order chi connectivity index (χ0) is 27.3. The lowest BCUT2D eigenvalue weighted by Crippen LogP contribution is -2.65. The largest absolute Gasteiger partial charge is 0.519 e. The normalized spacial score (nSPS) is 33.0. The van der Waals surface area contributed by atoms with Gasteiger partial charge in [-0.25, -0.2) is 4.79 Å². The van der Waals surface area contributed by atoms with Gasteiger partial charge in [-0.15, -0.1) is 11.6 Å².